The standard InChI is InChI=1S/C10H9N5O4/c1-19-8-2-7(4-13-14-5-11-12-6-14)10(16)9(3-8)15(17)18/h2-6,16H,1H3/p-1/b13-4-. The average Bonchev–Trinajstić information content (AvgIpc) is 2.90. The molecule has 1 aromatic heterocycles. The molecule has 0 aliphatic carbocycles. The van der Waals surface area contributed by atoms with E-state index >= 15 is 0 Å². The third kappa shape index (κ3) is 2.65. The summed E-state index contributed by atoms with van der Waals surface area (Å²) >= 11 is 0. The molecule has 0 N–H and O–H groups in total. The fourth-order valence-electron chi connectivity index (χ4n) is 1.34. The second kappa shape index (κ2) is 5.12. The van der Waals surface area contributed by atoms with Gasteiger partial charge in [0.15, 0.2) is 0 Å². The van der Waals surface area contributed by atoms with Crippen LogP contribution in [0.1, 0.15) is 5.56 Å². The Morgan fingerprint density at radius 2 is 2.11 bits per heavy atom. The van der Waals surface area contributed by atoms with E-state index in [1.807, 2.05) is 0 Å². The smallest absolute Gasteiger partial charge is 0.266 e. The lowest BCUT2D eigenvalue weighted by Crippen LogP contribution is -2.03. The molecule has 0 aliphatic heterocycles. The van der Waals surface area contributed by atoms with Crippen molar-refractivity contribution in [3.8, 4) is 11.5 Å². The Labute approximate surface area is 106 Å². The van der Waals surface area contributed by atoms with Crippen molar-refractivity contribution >= 4 is 11.9 Å². The van der Waals surface area contributed by atoms with Crippen molar-refractivity contribution in [2.45, 2.75) is 0 Å². The summed E-state index contributed by atoms with van der Waals surface area (Å²) in [5, 5.41) is 33.5. The van der Waals surface area contributed by atoms with E-state index in [9.17, 15) is 15.2 Å². The van der Waals surface area contributed by atoms with Gasteiger partial charge in [0.25, 0.3) is 5.69 Å². The Morgan fingerprint density at radius 3 is 2.68 bits per heavy atom. The third-order valence-corrected chi connectivity index (χ3v) is 2.24. The molecule has 0 spiro atoms. The Bertz CT molecular complexity index is 623. The number of methoxy groups -OCH3 is 1. The van der Waals surface area contributed by atoms with Gasteiger partial charge in [-0.2, -0.15) is 5.10 Å². The van der Waals surface area contributed by atoms with Crippen LogP contribution in [0, 0.1) is 10.1 Å². The van der Waals surface area contributed by atoms with E-state index < -0.39 is 16.4 Å². The van der Waals surface area contributed by atoms with E-state index in [0.717, 1.165) is 6.07 Å². The lowest BCUT2D eigenvalue weighted by atomic mass is 10.1. The average molecular weight is 262 g/mol. The van der Waals surface area contributed by atoms with E-state index in [-0.39, 0.29) is 11.3 Å². The molecule has 0 amide bonds. The molecule has 2 aromatic rings. The van der Waals surface area contributed by atoms with Gasteiger partial charge in [-0.15, -0.1) is 10.2 Å². The van der Waals surface area contributed by atoms with Gasteiger partial charge < -0.3 is 9.84 Å². The van der Waals surface area contributed by atoms with E-state index in [1.165, 1.54) is 36.7 Å². The van der Waals surface area contributed by atoms with Crippen LogP contribution in [0.15, 0.2) is 29.9 Å². The molecule has 2 rings (SSSR count). The van der Waals surface area contributed by atoms with Crippen molar-refractivity contribution in [1.82, 2.24) is 14.9 Å². The maximum absolute atomic E-state index is 11.8. The molecular weight excluding hydrogens is 254 g/mol. The molecular formula is C10H8N5O4-. The summed E-state index contributed by atoms with van der Waals surface area (Å²) in [5.41, 5.74) is -0.524. The first-order valence-electron chi connectivity index (χ1n) is 5.04. The summed E-state index contributed by atoms with van der Waals surface area (Å²) in [6, 6.07) is 2.43. The second-order valence-corrected chi connectivity index (χ2v) is 3.41. The SMILES string of the molecule is COc1cc(/C=N\n2cnnc2)c([O-])c([N+](=O)[O-])c1. The first kappa shape index (κ1) is 12.5. The largest absolute Gasteiger partial charge is 0.867 e. The number of aromatic nitrogens is 3. The van der Waals surface area contributed by atoms with Crippen LogP contribution in [0.4, 0.5) is 5.69 Å². The van der Waals surface area contributed by atoms with Crippen LogP contribution in [0.5, 0.6) is 11.5 Å². The van der Waals surface area contributed by atoms with Gasteiger partial charge in [-0.1, -0.05) is 0 Å². The van der Waals surface area contributed by atoms with Crippen molar-refractivity contribution in [2.75, 3.05) is 7.11 Å². The normalized spacial score (nSPS) is 10.8. The summed E-state index contributed by atoms with van der Waals surface area (Å²) < 4.78 is 6.16. The van der Waals surface area contributed by atoms with Gasteiger partial charge in [0.2, 0.25) is 0 Å². The van der Waals surface area contributed by atoms with E-state index in [4.69, 9.17) is 4.74 Å². The highest BCUT2D eigenvalue weighted by Crippen LogP contribution is 2.31. The van der Waals surface area contributed by atoms with Crippen LogP contribution in [-0.2, 0) is 0 Å². The molecule has 1 aromatic carbocycles. The summed E-state index contributed by atoms with van der Waals surface area (Å²) in [6.45, 7) is 0. The number of nitro groups is 1. The topological polar surface area (TPSA) is 118 Å². The molecule has 9 nitrogen and oxygen atoms in total. The fourth-order valence-corrected chi connectivity index (χ4v) is 1.34. The van der Waals surface area contributed by atoms with Gasteiger partial charge in [-0.25, -0.2) is 4.68 Å². The lowest BCUT2D eigenvalue weighted by Gasteiger charge is -2.12. The van der Waals surface area contributed by atoms with E-state index in [2.05, 4.69) is 15.3 Å². The molecule has 1 heterocycles. The zero-order valence-corrected chi connectivity index (χ0v) is 9.76. The van der Waals surface area contributed by atoms with Crippen molar-refractivity contribution in [2.24, 2.45) is 5.10 Å². The van der Waals surface area contributed by atoms with E-state index in [1.54, 1.807) is 0 Å². The zero-order chi connectivity index (χ0) is 13.8. The first-order chi connectivity index (χ1) is 9.11. The molecule has 19 heavy (non-hydrogen) atoms. The van der Waals surface area contributed by atoms with Gasteiger partial charge in [0.1, 0.15) is 18.4 Å². The maximum atomic E-state index is 11.8. The highest BCUT2D eigenvalue weighted by molar-refractivity contribution is 5.86. The van der Waals surface area contributed by atoms with Crippen LogP contribution in [-0.4, -0.2) is 33.1 Å². The van der Waals surface area contributed by atoms with Crippen molar-refractivity contribution < 1.29 is 14.8 Å². The zero-order valence-electron chi connectivity index (χ0n) is 9.76. The number of benzene rings is 1. The van der Waals surface area contributed by atoms with Crippen molar-refractivity contribution in [1.29, 1.82) is 0 Å². The predicted molar refractivity (Wildman–Crippen MR) is 62.1 cm³/mol. The van der Waals surface area contributed by atoms with Crippen LogP contribution < -0.4 is 9.84 Å². The fraction of sp³-hybridized carbons (Fsp3) is 0.100. The molecule has 98 valence electrons. The first-order valence-corrected chi connectivity index (χ1v) is 5.04. The molecule has 9 heteroatoms. The van der Waals surface area contributed by atoms with Crippen LogP contribution in [0.25, 0.3) is 0 Å². The summed E-state index contributed by atoms with van der Waals surface area (Å²) in [4.78, 5) is 9.99. The number of hydrogen-bond acceptors (Lipinski definition) is 7. The molecule has 0 saturated heterocycles. The summed E-state index contributed by atoms with van der Waals surface area (Å²) in [5.74, 6) is -0.529. The Kier molecular flexibility index (Phi) is 3.37. The molecule has 0 radical (unpaired) electrons. The van der Waals surface area contributed by atoms with Gasteiger partial charge >= 0.3 is 0 Å². The maximum Gasteiger partial charge on any atom is 0.266 e. The minimum Gasteiger partial charge on any atom is -0.867 e. The minimum absolute atomic E-state index is 0.0414. The lowest BCUT2D eigenvalue weighted by molar-refractivity contribution is -0.398. The van der Waals surface area contributed by atoms with E-state index in [0.29, 0.717) is 0 Å². The number of hydrogen-bond donors (Lipinski definition) is 0. The Hall–Kier alpha value is -2.97. The third-order valence-electron chi connectivity index (χ3n) is 2.24. The number of nitro benzene ring substituents is 1. The van der Waals surface area contributed by atoms with Crippen molar-refractivity contribution in [3.05, 3.63) is 40.5 Å². The van der Waals surface area contributed by atoms with Crippen molar-refractivity contribution in [3.63, 3.8) is 0 Å². The van der Waals surface area contributed by atoms with Crippen LogP contribution in [0.2, 0.25) is 0 Å². The molecule has 0 bridgehead atoms. The summed E-state index contributed by atoms with van der Waals surface area (Å²) in [7, 11) is 1.35. The quantitative estimate of drug-likeness (QED) is 0.439. The molecule has 0 saturated carbocycles. The number of ether oxygens (including phenoxy) is 1. The van der Waals surface area contributed by atoms with Crippen LogP contribution >= 0.6 is 0 Å². The van der Waals surface area contributed by atoms with Gasteiger partial charge in [-0.3, -0.25) is 10.1 Å². The second-order valence-electron chi connectivity index (χ2n) is 3.41. The predicted octanol–water partition coefficient (Wildman–Crippen LogP) is 0.151. The number of rotatable bonds is 4. The molecule has 0 aliphatic rings. The monoisotopic (exact) mass is 262 g/mol. The Balaban J connectivity index is 2.44. The Morgan fingerprint density at radius 1 is 1.42 bits per heavy atom. The summed E-state index contributed by atoms with van der Waals surface area (Å²) in [6.07, 6.45) is 3.81. The van der Waals surface area contributed by atoms with Gasteiger partial charge in [0.05, 0.1) is 24.3 Å². The molecule has 0 atom stereocenters. The van der Waals surface area contributed by atoms with Crippen LogP contribution in [0.3, 0.4) is 0 Å². The molecule has 0 fully saturated rings. The highest BCUT2D eigenvalue weighted by atomic mass is 16.6. The molecule has 0 unspecified atom stereocenters. The highest BCUT2D eigenvalue weighted by Gasteiger charge is 2.12. The minimum atomic E-state index is -0.763. The number of nitrogens with zero attached hydrogens (tertiary/aromatic N) is 5. The van der Waals surface area contributed by atoms with Gasteiger partial charge in [-0.05, 0) is 17.4 Å². The van der Waals surface area contributed by atoms with Gasteiger partial charge in [0, 0.05) is 0 Å².